The van der Waals surface area contributed by atoms with Crippen molar-refractivity contribution in [1.29, 1.82) is 0 Å². The lowest BCUT2D eigenvalue weighted by Gasteiger charge is -2.22. The molecule has 0 bridgehead atoms. The third-order valence-electron chi connectivity index (χ3n) is 4.01. The number of halogens is 1. The van der Waals surface area contributed by atoms with E-state index in [1.54, 1.807) is 24.3 Å². The molecule has 4 nitrogen and oxygen atoms in total. The Labute approximate surface area is 153 Å². The Morgan fingerprint density at radius 2 is 1.72 bits per heavy atom. The molecule has 2 aromatic carbocycles. The van der Waals surface area contributed by atoms with Gasteiger partial charge in [0.1, 0.15) is 6.04 Å². The van der Waals surface area contributed by atoms with Crippen LogP contribution < -0.4 is 10.6 Å². The molecule has 0 aliphatic rings. The summed E-state index contributed by atoms with van der Waals surface area (Å²) >= 11 is 6.18. The molecular weight excluding hydrogens is 336 g/mol. The van der Waals surface area contributed by atoms with Crippen molar-refractivity contribution in [2.45, 2.75) is 33.7 Å². The normalized spacial score (nSPS) is 11.9. The van der Waals surface area contributed by atoms with E-state index in [-0.39, 0.29) is 17.7 Å². The number of hydrogen-bond acceptors (Lipinski definition) is 2. The maximum absolute atomic E-state index is 12.7. The lowest BCUT2D eigenvalue weighted by atomic mass is 10.0. The maximum Gasteiger partial charge on any atom is 0.252 e. The van der Waals surface area contributed by atoms with Crippen LogP contribution in [-0.4, -0.2) is 17.9 Å². The molecule has 132 valence electrons. The SMILES string of the molecule is Cc1ccc(NC(=O)C(NC(=O)c2ccccc2C)C(C)C)c(Cl)c1. The van der Waals surface area contributed by atoms with E-state index in [1.807, 2.05) is 45.9 Å². The molecule has 2 rings (SSSR count). The molecule has 2 N–H and O–H groups in total. The molecule has 0 saturated heterocycles. The van der Waals surface area contributed by atoms with Crippen LogP contribution in [0.25, 0.3) is 0 Å². The molecule has 2 aromatic rings. The van der Waals surface area contributed by atoms with Gasteiger partial charge in [0, 0.05) is 5.56 Å². The van der Waals surface area contributed by atoms with Crippen molar-refractivity contribution in [2.75, 3.05) is 5.32 Å². The molecule has 0 aliphatic carbocycles. The Bertz CT molecular complexity index is 787. The number of anilines is 1. The Hall–Kier alpha value is -2.33. The fraction of sp³-hybridized carbons (Fsp3) is 0.300. The second-order valence-corrected chi connectivity index (χ2v) is 6.89. The summed E-state index contributed by atoms with van der Waals surface area (Å²) < 4.78 is 0. The highest BCUT2D eigenvalue weighted by Gasteiger charge is 2.25. The van der Waals surface area contributed by atoms with E-state index in [0.717, 1.165) is 11.1 Å². The summed E-state index contributed by atoms with van der Waals surface area (Å²) in [6, 6.07) is 12.0. The van der Waals surface area contributed by atoms with E-state index in [0.29, 0.717) is 16.3 Å². The second kappa shape index (κ2) is 8.17. The molecule has 0 fully saturated rings. The van der Waals surface area contributed by atoms with Gasteiger partial charge in [0.05, 0.1) is 10.7 Å². The molecule has 0 heterocycles. The van der Waals surface area contributed by atoms with Crippen molar-refractivity contribution < 1.29 is 9.59 Å². The van der Waals surface area contributed by atoms with Crippen molar-refractivity contribution >= 4 is 29.1 Å². The highest BCUT2D eigenvalue weighted by molar-refractivity contribution is 6.33. The zero-order valence-electron chi connectivity index (χ0n) is 14.9. The van der Waals surface area contributed by atoms with Gasteiger partial charge in [-0.05, 0) is 49.1 Å². The first-order chi connectivity index (χ1) is 11.8. The summed E-state index contributed by atoms with van der Waals surface area (Å²) in [5.41, 5.74) is 2.98. The molecule has 2 amide bonds. The Morgan fingerprint density at radius 1 is 1.04 bits per heavy atom. The predicted molar refractivity (Wildman–Crippen MR) is 102 cm³/mol. The number of carbonyl (C=O) groups excluding carboxylic acids is 2. The van der Waals surface area contributed by atoms with Crippen molar-refractivity contribution in [3.8, 4) is 0 Å². The third-order valence-corrected chi connectivity index (χ3v) is 4.32. The summed E-state index contributed by atoms with van der Waals surface area (Å²) in [7, 11) is 0. The fourth-order valence-electron chi connectivity index (χ4n) is 2.51. The zero-order chi connectivity index (χ0) is 18.6. The summed E-state index contributed by atoms with van der Waals surface area (Å²) in [6.07, 6.45) is 0. The second-order valence-electron chi connectivity index (χ2n) is 6.48. The number of aryl methyl sites for hydroxylation is 2. The smallest absolute Gasteiger partial charge is 0.252 e. The van der Waals surface area contributed by atoms with Crippen LogP contribution in [0.5, 0.6) is 0 Å². The number of benzene rings is 2. The molecule has 0 saturated carbocycles. The largest absolute Gasteiger partial charge is 0.340 e. The maximum atomic E-state index is 12.7. The van der Waals surface area contributed by atoms with Crippen LogP contribution in [0, 0.1) is 19.8 Å². The van der Waals surface area contributed by atoms with Crippen LogP contribution in [0.4, 0.5) is 5.69 Å². The van der Waals surface area contributed by atoms with Gasteiger partial charge in [0.25, 0.3) is 5.91 Å². The Kier molecular flexibility index (Phi) is 6.21. The minimum Gasteiger partial charge on any atom is -0.340 e. The number of carbonyl (C=O) groups is 2. The van der Waals surface area contributed by atoms with E-state index in [1.165, 1.54) is 0 Å². The molecular formula is C20H23ClN2O2. The van der Waals surface area contributed by atoms with Crippen molar-refractivity contribution in [3.05, 3.63) is 64.2 Å². The molecule has 25 heavy (non-hydrogen) atoms. The van der Waals surface area contributed by atoms with Crippen molar-refractivity contribution in [1.82, 2.24) is 5.32 Å². The lowest BCUT2D eigenvalue weighted by Crippen LogP contribution is -2.47. The van der Waals surface area contributed by atoms with Gasteiger partial charge in [-0.15, -0.1) is 0 Å². The summed E-state index contributed by atoms with van der Waals surface area (Å²) in [6.45, 7) is 7.57. The van der Waals surface area contributed by atoms with Gasteiger partial charge in [-0.2, -0.15) is 0 Å². The highest BCUT2D eigenvalue weighted by Crippen LogP contribution is 2.23. The van der Waals surface area contributed by atoms with Gasteiger partial charge >= 0.3 is 0 Å². The van der Waals surface area contributed by atoms with Crippen LogP contribution >= 0.6 is 11.6 Å². The molecule has 1 unspecified atom stereocenters. The number of nitrogens with one attached hydrogen (secondary N) is 2. The van der Waals surface area contributed by atoms with Gasteiger partial charge < -0.3 is 10.6 Å². The minimum atomic E-state index is -0.663. The number of hydrogen-bond donors (Lipinski definition) is 2. The van der Waals surface area contributed by atoms with Gasteiger partial charge in [0.2, 0.25) is 5.91 Å². The van der Waals surface area contributed by atoms with Gasteiger partial charge in [-0.25, -0.2) is 0 Å². The van der Waals surface area contributed by atoms with Crippen LogP contribution in [0.15, 0.2) is 42.5 Å². The van der Waals surface area contributed by atoms with E-state index < -0.39 is 6.04 Å². The highest BCUT2D eigenvalue weighted by atomic mass is 35.5. The average Bonchev–Trinajstić information content (AvgIpc) is 2.55. The zero-order valence-corrected chi connectivity index (χ0v) is 15.6. The Balaban J connectivity index is 2.16. The van der Waals surface area contributed by atoms with E-state index in [9.17, 15) is 9.59 Å². The fourth-order valence-corrected chi connectivity index (χ4v) is 2.80. The van der Waals surface area contributed by atoms with E-state index >= 15 is 0 Å². The Morgan fingerprint density at radius 3 is 2.32 bits per heavy atom. The van der Waals surface area contributed by atoms with Gasteiger partial charge in [0.15, 0.2) is 0 Å². The van der Waals surface area contributed by atoms with Crippen LogP contribution in [0.3, 0.4) is 0 Å². The minimum absolute atomic E-state index is 0.0720. The topological polar surface area (TPSA) is 58.2 Å². The van der Waals surface area contributed by atoms with Gasteiger partial charge in [-0.3, -0.25) is 9.59 Å². The van der Waals surface area contributed by atoms with Crippen LogP contribution in [-0.2, 0) is 4.79 Å². The van der Waals surface area contributed by atoms with E-state index in [4.69, 9.17) is 11.6 Å². The molecule has 0 aromatic heterocycles. The first kappa shape index (κ1) is 19.0. The summed E-state index contributed by atoms with van der Waals surface area (Å²) in [5.74, 6) is -0.623. The monoisotopic (exact) mass is 358 g/mol. The number of rotatable bonds is 5. The number of amides is 2. The molecule has 0 aliphatic heterocycles. The first-order valence-corrected chi connectivity index (χ1v) is 8.61. The molecule has 1 atom stereocenters. The standard InChI is InChI=1S/C20H23ClN2O2/c1-12(2)18(23-19(24)15-8-6-5-7-14(15)4)20(25)22-17-10-9-13(3)11-16(17)21/h5-12,18H,1-4H3,(H,22,25)(H,23,24). The first-order valence-electron chi connectivity index (χ1n) is 8.23. The third kappa shape index (κ3) is 4.83. The van der Waals surface area contributed by atoms with Crippen molar-refractivity contribution in [3.63, 3.8) is 0 Å². The van der Waals surface area contributed by atoms with E-state index in [2.05, 4.69) is 10.6 Å². The molecule has 5 heteroatoms. The van der Waals surface area contributed by atoms with Crippen LogP contribution in [0.2, 0.25) is 5.02 Å². The molecule has 0 radical (unpaired) electrons. The van der Waals surface area contributed by atoms with Crippen LogP contribution in [0.1, 0.15) is 35.3 Å². The quantitative estimate of drug-likeness (QED) is 0.834. The summed E-state index contributed by atoms with van der Waals surface area (Å²) in [4.78, 5) is 25.2. The predicted octanol–water partition coefficient (Wildman–Crippen LogP) is 4.35. The molecule has 0 spiro atoms. The summed E-state index contributed by atoms with van der Waals surface area (Å²) in [5, 5.41) is 6.11. The lowest BCUT2D eigenvalue weighted by molar-refractivity contribution is -0.118. The average molecular weight is 359 g/mol. The van der Waals surface area contributed by atoms with Crippen molar-refractivity contribution in [2.24, 2.45) is 5.92 Å². The van der Waals surface area contributed by atoms with Gasteiger partial charge in [-0.1, -0.05) is 49.7 Å².